The van der Waals surface area contributed by atoms with Crippen LogP contribution in [0.4, 0.5) is 0 Å². The van der Waals surface area contributed by atoms with E-state index in [4.69, 9.17) is 9.05 Å². The zero-order valence-corrected chi connectivity index (χ0v) is 11.7. The van der Waals surface area contributed by atoms with E-state index in [0.29, 0.717) is 0 Å². The first-order valence-electron chi connectivity index (χ1n) is 6.52. The third kappa shape index (κ3) is 8.18. The standard InChI is InChI=1S/C14H23O2P/c1-2-3-4-5-6-10-13-15-17-16-14-11-8-7-9-12-14/h7-9,11-12,17H,2-6,10,13H2,1H3. The van der Waals surface area contributed by atoms with Gasteiger partial charge in [0.15, 0.2) is 0 Å². The van der Waals surface area contributed by atoms with E-state index in [1.54, 1.807) is 0 Å². The second-order valence-electron chi connectivity index (χ2n) is 4.11. The molecule has 1 unspecified atom stereocenters. The van der Waals surface area contributed by atoms with Gasteiger partial charge in [-0.1, -0.05) is 57.2 Å². The average Bonchev–Trinajstić information content (AvgIpc) is 2.38. The minimum Gasteiger partial charge on any atom is -0.450 e. The van der Waals surface area contributed by atoms with Crippen molar-refractivity contribution >= 4 is 9.03 Å². The number of benzene rings is 1. The first kappa shape index (κ1) is 14.5. The van der Waals surface area contributed by atoms with Crippen LogP contribution in [0.25, 0.3) is 0 Å². The van der Waals surface area contributed by atoms with Gasteiger partial charge in [-0.05, 0) is 18.6 Å². The molecule has 1 rings (SSSR count). The van der Waals surface area contributed by atoms with Crippen molar-refractivity contribution in [2.75, 3.05) is 6.61 Å². The molecule has 0 saturated carbocycles. The van der Waals surface area contributed by atoms with Crippen molar-refractivity contribution in [2.24, 2.45) is 0 Å². The Morgan fingerprint density at radius 2 is 1.65 bits per heavy atom. The van der Waals surface area contributed by atoms with Crippen molar-refractivity contribution in [3.63, 3.8) is 0 Å². The van der Waals surface area contributed by atoms with Crippen molar-refractivity contribution in [2.45, 2.75) is 45.4 Å². The average molecular weight is 254 g/mol. The molecule has 2 nitrogen and oxygen atoms in total. The van der Waals surface area contributed by atoms with Crippen LogP contribution in [-0.4, -0.2) is 6.61 Å². The van der Waals surface area contributed by atoms with E-state index in [9.17, 15) is 0 Å². The van der Waals surface area contributed by atoms with E-state index in [1.807, 2.05) is 30.3 Å². The smallest absolute Gasteiger partial charge is 0.215 e. The van der Waals surface area contributed by atoms with Crippen molar-refractivity contribution in [3.8, 4) is 5.75 Å². The lowest BCUT2D eigenvalue weighted by Crippen LogP contribution is -1.88. The quantitative estimate of drug-likeness (QED) is 0.434. The summed E-state index contributed by atoms with van der Waals surface area (Å²) >= 11 is 0. The van der Waals surface area contributed by atoms with Gasteiger partial charge in [-0.25, -0.2) is 0 Å². The van der Waals surface area contributed by atoms with E-state index < -0.39 is 0 Å². The number of unbranched alkanes of at least 4 members (excludes halogenated alkanes) is 5. The maximum absolute atomic E-state index is 5.46. The predicted octanol–water partition coefficient (Wildman–Crippen LogP) is 4.95. The SMILES string of the molecule is CCCCCCCCOPOc1ccccc1. The molecule has 0 heterocycles. The minimum absolute atomic E-state index is 0.122. The van der Waals surface area contributed by atoms with Gasteiger partial charge in [0.25, 0.3) is 0 Å². The second kappa shape index (κ2) is 10.6. The Kier molecular flexibility index (Phi) is 8.99. The Labute approximate surface area is 107 Å². The summed E-state index contributed by atoms with van der Waals surface area (Å²) < 4.78 is 10.9. The molecule has 96 valence electrons. The molecule has 0 N–H and O–H groups in total. The lowest BCUT2D eigenvalue weighted by atomic mass is 10.1. The van der Waals surface area contributed by atoms with Crippen LogP contribution in [0.15, 0.2) is 30.3 Å². The normalized spacial score (nSPS) is 11.1. The molecule has 0 aliphatic carbocycles. The molecule has 1 aromatic carbocycles. The number of rotatable bonds is 10. The third-order valence-corrected chi connectivity index (χ3v) is 3.20. The summed E-state index contributed by atoms with van der Waals surface area (Å²) in [4.78, 5) is 0. The summed E-state index contributed by atoms with van der Waals surface area (Å²) in [7, 11) is 0.122. The predicted molar refractivity (Wildman–Crippen MR) is 74.7 cm³/mol. The van der Waals surface area contributed by atoms with Gasteiger partial charge in [0.05, 0.1) is 6.61 Å². The summed E-state index contributed by atoms with van der Waals surface area (Å²) in [5.41, 5.74) is 0. The van der Waals surface area contributed by atoms with Crippen LogP contribution < -0.4 is 4.52 Å². The molecular formula is C14H23O2P. The minimum atomic E-state index is 0.122. The fraction of sp³-hybridized carbons (Fsp3) is 0.571. The van der Waals surface area contributed by atoms with E-state index >= 15 is 0 Å². The van der Waals surface area contributed by atoms with Crippen LogP contribution >= 0.6 is 9.03 Å². The summed E-state index contributed by atoms with van der Waals surface area (Å²) in [6, 6.07) is 9.80. The van der Waals surface area contributed by atoms with Crippen molar-refractivity contribution < 1.29 is 9.05 Å². The molecule has 0 amide bonds. The highest BCUT2D eigenvalue weighted by atomic mass is 31.1. The van der Waals surface area contributed by atoms with Crippen molar-refractivity contribution in [1.29, 1.82) is 0 Å². The number of hydrogen-bond donors (Lipinski definition) is 0. The maximum atomic E-state index is 5.46. The zero-order chi connectivity index (χ0) is 12.2. The fourth-order valence-corrected chi connectivity index (χ4v) is 2.08. The molecule has 17 heavy (non-hydrogen) atoms. The van der Waals surface area contributed by atoms with Crippen molar-refractivity contribution in [3.05, 3.63) is 30.3 Å². The first-order valence-corrected chi connectivity index (χ1v) is 7.34. The molecule has 0 aliphatic rings. The molecule has 3 heteroatoms. The highest BCUT2D eigenvalue weighted by molar-refractivity contribution is 7.26. The third-order valence-electron chi connectivity index (χ3n) is 2.56. The molecule has 0 bridgehead atoms. The van der Waals surface area contributed by atoms with E-state index in [-0.39, 0.29) is 9.03 Å². The van der Waals surface area contributed by atoms with Crippen LogP contribution in [-0.2, 0) is 4.52 Å². The van der Waals surface area contributed by atoms with Gasteiger partial charge in [-0.2, -0.15) is 0 Å². The Morgan fingerprint density at radius 3 is 2.41 bits per heavy atom. The second-order valence-corrected chi connectivity index (χ2v) is 4.77. The molecular weight excluding hydrogens is 231 g/mol. The molecule has 0 saturated heterocycles. The Balaban J connectivity index is 1.85. The fourth-order valence-electron chi connectivity index (χ4n) is 1.56. The van der Waals surface area contributed by atoms with Gasteiger partial charge in [0.2, 0.25) is 9.03 Å². The lowest BCUT2D eigenvalue weighted by Gasteiger charge is -2.05. The molecule has 1 atom stereocenters. The first-order chi connectivity index (χ1) is 8.43. The summed E-state index contributed by atoms with van der Waals surface area (Å²) in [6.45, 7) is 3.06. The molecule has 0 fully saturated rings. The van der Waals surface area contributed by atoms with Crippen LogP contribution in [0.1, 0.15) is 45.4 Å². The molecule has 1 aromatic rings. The Morgan fingerprint density at radius 1 is 0.941 bits per heavy atom. The van der Waals surface area contributed by atoms with Crippen LogP contribution in [0.5, 0.6) is 5.75 Å². The van der Waals surface area contributed by atoms with Gasteiger partial charge in [0.1, 0.15) is 5.75 Å². The monoisotopic (exact) mass is 254 g/mol. The van der Waals surface area contributed by atoms with Gasteiger partial charge < -0.3 is 9.05 Å². The summed E-state index contributed by atoms with van der Waals surface area (Å²) in [5, 5.41) is 0. The van der Waals surface area contributed by atoms with E-state index in [2.05, 4.69) is 6.92 Å². The number of hydrogen-bond acceptors (Lipinski definition) is 2. The topological polar surface area (TPSA) is 18.5 Å². The van der Waals surface area contributed by atoms with Crippen LogP contribution in [0, 0.1) is 0 Å². The molecule has 0 spiro atoms. The molecule has 0 radical (unpaired) electrons. The maximum Gasteiger partial charge on any atom is 0.215 e. The summed E-state index contributed by atoms with van der Waals surface area (Å²) in [6.07, 6.45) is 7.78. The van der Waals surface area contributed by atoms with Crippen molar-refractivity contribution in [1.82, 2.24) is 0 Å². The Hall–Kier alpha value is -0.590. The largest absolute Gasteiger partial charge is 0.450 e. The highest BCUT2D eigenvalue weighted by Crippen LogP contribution is 2.21. The zero-order valence-electron chi connectivity index (χ0n) is 10.7. The molecule has 0 aromatic heterocycles. The van der Waals surface area contributed by atoms with Gasteiger partial charge in [-0.15, -0.1) is 0 Å². The number of para-hydroxylation sites is 1. The van der Waals surface area contributed by atoms with E-state index in [1.165, 1.54) is 32.1 Å². The highest BCUT2D eigenvalue weighted by Gasteiger charge is 1.93. The van der Waals surface area contributed by atoms with E-state index in [0.717, 1.165) is 18.8 Å². The molecule has 0 aliphatic heterocycles. The van der Waals surface area contributed by atoms with Gasteiger partial charge in [-0.3, -0.25) is 0 Å². The lowest BCUT2D eigenvalue weighted by molar-refractivity contribution is 0.316. The van der Waals surface area contributed by atoms with Gasteiger partial charge >= 0.3 is 0 Å². The summed E-state index contributed by atoms with van der Waals surface area (Å²) in [5.74, 6) is 0.883. The van der Waals surface area contributed by atoms with Gasteiger partial charge in [0, 0.05) is 0 Å². The van der Waals surface area contributed by atoms with Crippen LogP contribution in [0.2, 0.25) is 0 Å². The van der Waals surface area contributed by atoms with Crippen LogP contribution in [0.3, 0.4) is 0 Å². The Bertz CT molecular complexity index is 264.